The first-order valence-electron chi connectivity index (χ1n) is 10.4. The molecule has 168 valence electrons. The van der Waals surface area contributed by atoms with Crippen molar-refractivity contribution in [2.45, 2.75) is 76.7 Å². The molecule has 0 unspecified atom stereocenters. The molecule has 5 atom stereocenters. The van der Waals surface area contributed by atoms with Crippen LogP contribution in [0.2, 0.25) is 0 Å². The largest absolute Gasteiger partial charge is 0.458 e. The fourth-order valence-electron chi connectivity index (χ4n) is 4.08. The summed E-state index contributed by atoms with van der Waals surface area (Å²) in [7, 11) is 1.54. The molecule has 8 nitrogen and oxygen atoms in total. The molecule has 31 heavy (non-hydrogen) atoms. The van der Waals surface area contributed by atoms with Crippen molar-refractivity contribution in [2.24, 2.45) is 0 Å². The van der Waals surface area contributed by atoms with E-state index >= 15 is 0 Å². The van der Waals surface area contributed by atoms with Gasteiger partial charge < -0.3 is 29.0 Å². The van der Waals surface area contributed by atoms with Gasteiger partial charge in [0.15, 0.2) is 18.1 Å². The van der Waals surface area contributed by atoms with Gasteiger partial charge in [-0.25, -0.2) is 4.79 Å². The second-order valence-corrected chi connectivity index (χ2v) is 9.31. The van der Waals surface area contributed by atoms with Gasteiger partial charge in [0.2, 0.25) is 0 Å². The van der Waals surface area contributed by atoms with E-state index in [1.807, 2.05) is 65.0 Å². The number of carbonyl (C=O) groups is 1. The highest BCUT2D eigenvalue weighted by atomic mass is 16.8. The van der Waals surface area contributed by atoms with Crippen molar-refractivity contribution >= 4 is 22.6 Å². The molecule has 2 fully saturated rings. The molecule has 0 aliphatic carbocycles. The Morgan fingerprint density at radius 3 is 2.58 bits per heavy atom. The first-order chi connectivity index (χ1) is 14.6. The van der Waals surface area contributed by atoms with Crippen LogP contribution in [0.5, 0.6) is 0 Å². The highest BCUT2D eigenvalue weighted by molar-refractivity contribution is 5.92. The molecule has 1 aromatic heterocycles. The fourth-order valence-corrected chi connectivity index (χ4v) is 4.08. The molecule has 1 aromatic carbocycles. The highest BCUT2D eigenvalue weighted by Crippen LogP contribution is 2.41. The van der Waals surface area contributed by atoms with Crippen molar-refractivity contribution in [3.8, 4) is 0 Å². The van der Waals surface area contributed by atoms with Crippen LogP contribution >= 0.6 is 0 Å². The number of anilines is 1. The van der Waals surface area contributed by atoms with Crippen molar-refractivity contribution in [1.82, 2.24) is 4.98 Å². The third kappa shape index (κ3) is 4.52. The van der Waals surface area contributed by atoms with E-state index in [1.165, 1.54) is 0 Å². The number of nitrogens with zero attached hydrogens (tertiary/aromatic N) is 1. The number of hydrogen-bond acceptors (Lipinski definition) is 8. The Balaban J connectivity index is 1.70. The van der Waals surface area contributed by atoms with Gasteiger partial charge in [0, 0.05) is 18.7 Å². The Morgan fingerprint density at radius 1 is 1.16 bits per heavy atom. The zero-order valence-electron chi connectivity index (χ0n) is 18.7. The quantitative estimate of drug-likeness (QED) is 0.724. The number of esters is 1. The van der Waals surface area contributed by atoms with E-state index in [4.69, 9.17) is 23.7 Å². The molecule has 2 aromatic rings. The zero-order valence-corrected chi connectivity index (χ0v) is 18.7. The maximum atomic E-state index is 13.3. The summed E-state index contributed by atoms with van der Waals surface area (Å²) in [5, 5.41) is 4.27. The SMILES string of the molecule is CO[C@@H]1O[C@H]([C@H](Nc2cccc3cccnc23)C(=O)OC(C)(C)C)[C@H]2OC(C)(C)O[C@@H]12. The van der Waals surface area contributed by atoms with Crippen molar-refractivity contribution in [1.29, 1.82) is 0 Å². The van der Waals surface area contributed by atoms with Crippen LogP contribution in [-0.2, 0) is 28.5 Å². The summed E-state index contributed by atoms with van der Waals surface area (Å²) in [4.78, 5) is 17.8. The summed E-state index contributed by atoms with van der Waals surface area (Å²) >= 11 is 0. The van der Waals surface area contributed by atoms with E-state index in [2.05, 4.69) is 10.3 Å². The van der Waals surface area contributed by atoms with Gasteiger partial charge in [-0.05, 0) is 46.8 Å². The Bertz CT molecular complexity index is 951. The predicted molar refractivity (Wildman–Crippen MR) is 114 cm³/mol. The first kappa shape index (κ1) is 22.0. The number of rotatable bonds is 5. The highest BCUT2D eigenvalue weighted by Gasteiger charge is 2.59. The van der Waals surface area contributed by atoms with E-state index in [9.17, 15) is 4.79 Å². The number of methoxy groups -OCH3 is 1. The van der Waals surface area contributed by atoms with Gasteiger partial charge in [-0.2, -0.15) is 0 Å². The summed E-state index contributed by atoms with van der Waals surface area (Å²) in [5.41, 5.74) is 0.785. The van der Waals surface area contributed by atoms with E-state index in [-0.39, 0.29) is 0 Å². The number of para-hydroxylation sites is 1. The number of fused-ring (bicyclic) bond motifs is 2. The third-order valence-electron chi connectivity index (χ3n) is 5.21. The molecule has 8 heteroatoms. The van der Waals surface area contributed by atoms with Gasteiger partial charge >= 0.3 is 5.97 Å². The van der Waals surface area contributed by atoms with Crippen molar-refractivity contribution in [3.05, 3.63) is 36.5 Å². The lowest BCUT2D eigenvalue weighted by molar-refractivity contribution is -0.229. The van der Waals surface area contributed by atoms with Crippen LogP contribution < -0.4 is 5.32 Å². The Hall–Kier alpha value is -2.26. The fraction of sp³-hybridized carbons (Fsp3) is 0.565. The zero-order chi connectivity index (χ0) is 22.4. The van der Waals surface area contributed by atoms with Gasteiger partial charge in [0.1, 0.15) is 23.9 Å². The molecule has 2 aliphatic rings. The van der Waals surface area contributed by atoms with Gasteiger partial charge in [0.25, 0.3) is 0 Å². The summed E-state index contributed by atoms with van der Waals surface area (Å²) in [6.45, 7) is 9.15. The van der Waals surface area contributed by atoms with Crippen LogP contribution in [-0.4, -0.2) is 60.1 Å². The number of pyridine rings is 1. The molecule has 2 aliphatic heterocycles. The van der Waals surface area contributed by atoms with Crippen LogP contribution in [0.3, 0.4) is 0 Å². The maximum Gasteiger partial charge on any atom is 0.331 e. The monoisotopic (exact) mass is 430 g/mol. The average Bonchev–Trinajstić information content (AvgIpc) is 3.17. The molecule has 4 rings (SSSR count). The Kier molecular flexibility index (Phi) is 5.68. The van der Waals surface area contributed by atoms with Crippen molar-refractivity contribution < 1.29 is 28.5 Å². The van der Waals surface area contributed by atoms with E-state index in [1.54, 1.807) is 13.3 Å². The minimum absolute atomic E-state index is 0.450. The third-order valence-corrected chi connectivity index (χ3v) is 5.21. The van der Waals surface area contributed by atoms with E-state index in [0.717, 1.165) is 10.9 Å². The van der Waals surface area contributed by atoms with Crippen LogP contribution in [0.15, 0.2) is 36.5 Å². The van der Waals surface area contributed by atoms with Crippen LogP contribution in [0.4, 0.5) is 5.69 Å². The second kappa shape index (κ2) is 8.02. The average molecular weight is 431 g/mol. The lowest BCUT2D eigenvalue weighted by atomic mass is 10.0. The van der Waals surface area contributed by atoms with Gasteiger partial charge in [-0.1, -0.05) is 18.2 Å². The maximum absolute atomic E-state index is 13.3. The standard InChI is InChI=1S/C23H30N2O6/c1-22(2,3)31-20(26)16(25-14-11-7-9-13-10-8-12-24-15(13)14)17-18-19(21(27-6)28-17)30-23(4,5)29-18/h7-12,16-19,21,25H,1-6H3/t16-,17+,18+,19+,21+/m0/s1. The summed E-state index contributed by atoms with van der Waals surface area (Å²) in [6.07, 6.45) is -0.592. The van der Waals surface area contributed by atoms with Gasteiger partial charge in [-0.3, -0.25) is 4.98 Å². The van der Waals surface area contributed by atoms with Crippen LogP contribution in [0.25, 0.3) is 10.9 Å². The molecule has 0 radical (unpaired) electrons. The predicted octanol–water partition coefficient (Wildman–Crippen LogP) is 3.25. The molecule has 1 N–H and O–H groups in total. The number of aromatic nitrogens is 1. The number of ether oxygens (including phenoxy) is 5. The molecule has 2 saturated heterocycles. The minimum atomic E-state index is -0.864. The number of carbonyl (C=O) groups excluding carboxylic acids is 1. The summed E-state index contributed by atoms with van der Waals surface area (Å²) in [5.74, 6) is -1.26. The molecule has 0 saturated carbocycles. The van der Waals surface area contributed by atoms with Gasteiger partial charge in [0.05, 0.1) is 11.2 Å². The Labute approximate surface area is 182 Å². The number of nitrogens with one attached hydrogen (secondary N) is 1. The van der Waals surface area contributed by atoms with Crippen LogP contribution in [0, 0.1) is 0 Å². The van der Waals surface area contributed by atoms with Crippen LogP contribution in [0.1, 0.15) is 34.6 Å². The van der Waals surface area contributed by atoms with Crippen molar-refractivity contribution in [3.63, 3.8) is 0 Å². The second-order valence-electron chi connectivity index (χ2n) is 9.31. The van der Waals surface area contributed by atoms with Crippen molar-refractivity contribution in [2.75, 3.05) is 12.4 Å². The number of hydrogen-bond donors (Lipinski definition) is 1. The normalized spacial score (nSPS) is 28.3. The Morgan fingerprint density at radius 2 is 1.87 bits per heavy atom. The minimum Gasteiger partial charge on any atom is -0.458 e. The molecule has 0 bridgehead atoms. The molecule has 3 heterocycles. The van der Waals surface area contributed by atoms with E-state index < -0.39 is 48.0 Å². The topological polar surface area (TPSA) is 88.1 Å². The van der Waals surface area contributed by atoms with E-state index in [0.29, 0.717) is 5.69 Å². The summed E-state index contributed by atoms with van der Waals surface area (Å²) < 4.78 is 29.4. The lowest BCUT2D eigenvalue weighted by Gasteiger charge is -2.31. The molecule has 0 spiro atoms. The van der Waals surface area contributed by atoms with Gasteiger partial charge in [-0.15, -0.1) is 0 Å². The smallest absolute Gasteiger partial charge is 0.331 e. The summed E-state index contributed by atoms with van der Waals surface area (Å²) in [6, 6.07) is 8.73. The molecular formula is C23H30N2O6. The molecular weight excluding hydrogens is 400 g/mol. The number of benzene rings is 1. The lowest BCUT2D eigenvalue weighted by Crippen LogP contribution is -2.49. The molecule has 0 amide bonds. The first-order valence-corrected chi connectivity index (χ1v) is 10.4.